The highest BCUT2D eigenvalue weighted by Crippen LogP contribution is 2.68. The van der Waals surface area contributed by atoms with Crippen LogP contribution in [0.25, 0.3) is 11.0 Å². The lowest BCUT2D eigenvalue weighted by molar-refractivity contribution is -0.207. The van der Waals surface area contributed by atoms with Crippen molar-refractivity contribution in [3.05, 3.63) is 63.4 Å². The largest absolute Gasteiger partial charge is 0.481 e. The predicted octanol–water partition coefficient (Wildman–Crippen LogP) is 8.03. The molecule has 0 bridgehead atoms. The van der Waals surface area contributed by atoms with Crippen molar-refractivity contribution in [1.82, 2.24) is 14.9 Å². The lowest BCUT2D eigenvalue weighted by Gasteiger charge is -2.63. The zero-order valence-corrected chi connectivity index (χ0v) is 36.9. The average molecular weight is 889 g/mol. The first-order chi connectivity index (χ1) is 29.4. The number of unbranched alkanes of at least 4 members (excludes halogenated alkanes) is 1. The van der Waals surface area contributed by atoms with Crippen LogP contribution < -0.4 is 15.2 Å². The topological polar surface area (TPSA) is 159 Å². The molecule has 5 fully saturated rings. The van der Waals surface area contributed by atoms with Crippen LogP contribution >= 0.6 is 11.6 Å². The fourth-order valence-corrected chi connectivity index (χ4v) is 12.9. The maximum Gasteiger partial charge on any atom is 0.419 e. The molecule has 1 aromatic carbocycles. The van der Waals surface area contributed by atoms with Crippen LogP contribution in [0.15, 0.2) is 47.3 Å². The van der Waals surface area contributed by atoms with E-state index in [1.54, 1.807) is 23.1 Å². The Balaban J connectivity index is 0.000000188. The summed E-state index contributed by atoms with van der Waals surface area (Å²) in [5.41, 5.74) is -0.477. The number of carboxylic acids is 1. The standard InChI is InChI=1S/C24H40O5.C23H24ClF3N4O2/c1-13(4-7-21(28)29)16-5-6-17-22-18(12-20(27)24(16,17)3)23(2)9-8-15(25)10-14(23)11-19(22)26;24-17-4-3-5-18(21(17)23(25,26)27)31-13-11-30(12-14-31)10-1-2-15-33-20-9-7-16-6-8-19(32)28-22(16)29-20/h13-20,22,25-27H,4-12H2,1-3H3,(H,28,29);3-9H,1-2,10-15H2,(H,28,29,32)/t13-,14+,15-,16-,17+,18+,19-,20+,22+,23+,24-;/m1./s1. The SMILES string of the molecule is C[C@H](CCC(=O)O)[C@H]1CC[C@H]2[C@@H]3[C@H](O)C[C@@H]4C[C@H](O)CC[C@]4(C)[C@H]3C[C@H](O)[C@]12C.O=c1ccc2ccc(OCCCCN3CCN(c4cccc(Cl)c4C(F)(F)F)CC3)nc2[nH]1. The van der Waals surface area contributed by atoms with Gasteiger partial charge in [0.2, 0.25) is 11.4 Å². The summed E-state index contributed by atoms with van der Waals surface area (Å²) in [6.07, 6.45) is 3.23. The molecule has 11 atom stereocenters. The van der Waals surface area contributed by atoms with Crippen LogP contribution in [-0.2, 0) is 11.0 Å². The normalized spacial score (nSPS) is 32.8. The van der Waals surface area contributed by atoms with E-state index in [0.29, 0.717) is 74.4 Å². The summed E-state index contributed by atoms with van der Waals surface area (Å²) in [6.45, 7) is 10.5. The monoisotopic (exact) mass is 888 g/mol. The average Bonchev–Trinajstić information content (AvgIpc) is 3.59. The van der Waals surface area contributed by atoms with Gasteiger partial charge in [-0.05, 0) is 141 Å². The molecule has 5 aliphatic rings. The second-order valence-electron chi connectivity index (χ2n) is 19.4. The van der Waals surface area contributed by atoms with E-state index in [2.05, 4.69) is 35.6 Å². The van der Waals surface area contributed by atoms with Gasteiger partial charge in [-0.15, -0.1) is 0 Å². The van der Waals surface area contributed by atoms with Crippen LogP contribution in [0.2, 0.25) is 5.02 Å². The van der Waals surface area contributed by atoms with E-state index in [0.717, 1.165) is 69.7 Å². The van der Waals surface area contributed by atoms with Crippen LogP contribution in [0.3, 0.4) is 0 Å². The third-order valence-electron chi connectivity index (χ3n) is 16.0. The first kappa shape index (κ1) is 46.6. The van der Waals surface area contributed by atoms with Gasteiger partial charge in [0.15, 0.2) is 0 Å². The van der Waals surface area contributed by atoms with E-state index in [1.165, 1.54) is 18.2 Å². The Morgan fingerprint density at radius 3 is 2.45 bits per heavy atom. The molecule has 5 N–H and O–H groups in total. The van der Waals surface area contributed by atoms with Crippen LogP contribution in [0.5, 0.6) is 5.88 Å². The highest BCUT2D eigenvalue weighted by Gasteiger charge is 2.65. The minimum absolute atomic E-state index is 0.0957. The number of aliphatic hydroxyl groups is 3. The van der Waals surface area contributed by atoms with E-state index in [4.69, 9.17) is 21.4 Å². The molecular weight excluding hydrogens is 825 g/mol. The number of pyridine rings is 2. The summed E-state index contributed by atoms with van der Waals surface area (Å²) < 4.78 is 46.0. The number of carboxylic acid groups (broad SMARTS) is 1. The maximum absolute atomic E-state index is 13.4. The lowest BCUT2D eigenvalue weighted by Crippen LogP contribution is -2.62. The molecule has 3 aromatic rings. The molecule has 15 heteroatoms. The first-order valence-corrected chi connectivity index (χ1v) is 23.0. The second kappa shape index (κ2) is 19.0. The number of ether oxygens (including phenoxy) is 1. The van der Waals surface area contributed by atoms with Crippen molar-refractivity contribution in [3.8, 4) is 5.88 Å². The number of aliphatic hydroxyl groups excluding tert-OH is 3. The number of carbonyl (C=O) groups is 1. The van der Waals surface area contributed by atoms with Crippen LogP contribution in [0.4, 0.5) is 18.9 Å². The summed E-state index contributed by atoms with van der Waals surface area (Å²) in [5, 5.41) is 42.6. The number of H-pyrrole nitrogens is 1. The van der Waals surface area contributed by atoms with Crippen molar-refractivity contribution in [3.63, 3.8) is 0 Å². The summed E-state index contributed by atoms with van der Waals surface area (Å²) in [6, 6.07) is 11.1. The number of alkyl halides is 3. The van der Waals surface area contributed by atoms with E-state index in [-0.39, 0.29) is 57.6 Å². The van der Waals surface area contributed by atoms with Gasteiger partial charge in [0.05, 0.1) is 41.2 Å². The maximum atomic E-state index is 13.4. The lowest BCUT2D eigenvalue weighted by atomic mass is 9.43. The Kier molecular flexibility index (Phi) is 14.2. The minimum atomic E-state index is -4.49. The Hall–Kier alpha value is -3.43. The number of hydrogen-bond donors (Lipinski definition) is 5. The Bertz CT molecular complexity index is 2080. The van der Waals surface area contributed by atoms with Gasteiger partial charge in [0.1, 0.15) is 5.65 Å². The Labute approximate surface area is 367 Å². The van der Waals surface area contributed by atoms with E-state index < -0.39 is 23.8 Å². The van der Waals surface area contributed by atoms with Crippen molar-refractivity contribution in [2.45, 2.75) is 116 Å². The molecule has 62 heavy (non-hydrogen) atoms. The second-order valence-corrected chi connectivity index (χ2v) is 19.8. The number of benzene rings is 1. The van der Waals surface area contributed by atoms with Crippen LogP contribution in [0.1, 0.15) is 97.0 Å². The van der Waals surface area contributed by atoms with Crippen molar-refractivity contribution >= 4 is 34.3 Å². The molecule has 4 saturated carbocycles. The van der Waals surface area contributed by atoms with Gasteiger partial charge in [-0.2, -0.15) is 18.2 Å². The molecule has 3 heterocycles. The van der Waals surface area contributed by atoms with Crippen LogP contribution in [0, 0.1) is 46.3 Å². The Morgan fingerprint density at radius 1 is 0.984 bits per heavy atom. The summed E-state index contributed by atoms with van der Waals surface area (Å²) >= 11 is 5.85. The van der Waals surface area contributed by atoms with Gasteiger partial charge in [0, 0.05) is 50.1 Å². The van der Waals surface area contributed by atoms with Gasteiger partial charge in [-0.25, -0.2) is 0 Å². The molecular formula is C47H64ClF3N4O7. The third-order valence-corrected chi connectivity index (χ3v) is 16.3. The number of aromatic nitrogens is 2. The van der Waals surface area contributed by atoms with Gasteiger partial charge in [-0.1, -0.05) is 38.4 Å². The van der Waals surface area contributed by atoms with Crippen molar-refractivity contribution in [1.29, 1.82) is 0 Å². The van der Waals surface area contributed by atoms with Gasteiger partial charge in [0.25, 0.3) is 0 Å². The fraction of sp³-hybridized carbons (Fsp3) is 0.681. The third kappa shape index (κ3) is 9.65. The molecule has 4 aliphatic carbocycles. The molecule has 1 saturated heterocycles. The highest BCUT2D eigenvalue weighted by atomic mass is 35.5. The number of halogens is 4. The zero-order valence-electron chi connectivity index (χ0n) is 36.1. The molecule has 8 rings (SSSR count). The molecule has 11 nitrogen and oxygen atoms in total. The van der Waals surface area contributed by atoms with Crippen molar-refractivity contribution in [2.24, 2.45) is 46.3 Å². The van der Waals surface area contributed by atoms with E-state index in [1.807, 2.05) is 6.07 Å². The number of nitrogens with zero attached hydrogens (tertiary/aromatic N) is 3. The number of aliphatic carboxylic acids is 1. The minimum Gasteiger partial charge on any atom is -0.481 e. The summed E-state index contributed by atoms with van der Waals surface area (Å²) in [4.78, 5) is 33.5. The highest BCUT2D eigenvalue weighted by molar-refractivity contribution is 6.31. The van der Waals surface area contributed by atoms with Crippen LogP contribution in [-0.4, -0.2) is 98.9 Å². The van der Waals surface area contributed by atoms with Gasteiger partial charge in [-0.3, -0.25) is 14.5 Å². The number of fused-ring (bicyclic) bond motifs is 6. The number of aromatic amines is 1. The van der Waals surface area contributed by atoms with Gasteiger partial charge < -0.3 is 35.0 Å². The molecule has 342 valence electrons. The molecule has 0 unspecified atom stereocenters. The number of anilines is 1. The predicted molar refractivity (Wildman–Crippen MR) is 232 cm³/mol. The smallest absolute Gasteiger partial charge is 0.419 e. The number of piperazine rings is 1. The Morgan fingerprint density at radius 2 is 1.73 bits per heavy atom. The van der Waals surface area contributed by atoms with E-state index >= 15 is 0 Å². The summed E-state index contributed by atoms with van der Waals surface area (Å²) in [7, 11) is 0. The summed E-state index contributed by atoms with van der Waals surface area (Å²) in [5.74, 6) is 1.46. The molecule has 1 aliphatic heterocycles. The number of hydrogen-bond acceptors (Lipinski definition) is 9. The quantitative estimate of drug-likeness (QED) is 0.119. The van der Waals surface area contributed by atoms with E-state index in [9.17, 15) is 38.1 Å². The molecule has 2 aromatic heterocycles. The molecule has 0 spiro atoms. The van der Waals surface area contributed by atoms with Gasteiger partial charge >= 0.3 is 12.1 Å². The zero-order chi connectivity index (χ0) is 44.6. The molecule has 0 amide bonds. The van der Waals surface area contributed by atoms with Crippen molar-refractivity contribution in [2.75, 3.05) is 44.2 Å². The van der Waals surface area contributed by atoms with Crippen molar-refractivity contribution < 1.29 is 43.1 Å². The first-order valence-electron chi connectivity index (χ1n) is 22.6. The molecule has 0 radical (unpaired) electrons. The fourth-order valence-electron chi connectivity index (χ4n) is 12.7. The number of nitrogens with one attached hydrogen (secondary N) is 1. The number of rotatable bonds is 11.